The largest absolute Gasteiger partial charge is 0.443 e. The van der Waals surface area contributed by atoms with E-state index in [4.69, 9.17) is 4.74 Å². The zero-order valence-corrected chi connectivity index (χ0v) is 13.1. The topological polar surface area (TPSA) is 61.2 Å². The lowest BCUT2D eigenvalue weighted by Gasteiger charge is -2.19. The van der Waals surface area contributed by atoms with Crippen LogP contribution >= 0.6 is 0 Å². The van der Waals surface area contributed by atoms with Gasteiger partial charge in [0.25, 0.3) is 0 Å². The van der Waals surface area contributed by atoms with E-state index in [2.05, 4.69) is 4.98 Å². The van der Waals surface area contributed by atoms with Gasteiger partial charge in [-0.1, -0.05) is 6.92 Å². The molecule has 0 radical (unpaired) electrons. The van der Waals surface area contributed by atoms with Crippen molar-refractivity contribution in [3.8, 4) is 0 Å². The molecule has 2 heterocycles. The minimum Gasteiger partial charge on any atom is -0.443 e. The third-order valence-electron chi connectivity index (χ3n) is 3.22. The molecule has 0 atom stereocenters. The highest BCUT2D eigenvalue weighted by atomic mass is 16.6. The maximum Gasteiger partial charge on any atom is 0.420 e. The lowest BCUT2D eigenvalue weighted by atomic mass is 10.0. The molecular formula is C16H20N2O3. The molecule has 0 aliphatic rings. The monoisotopic (exact) mass is 288 g/mol. The summed E-state index contributed by atoms with van der Waals surface area (Å²) < 4.78 is 6.77. The average Bonchev–Trinajstić information content (AvgIpc) is 2.75. The molecule has 5 heteroatoms. The molecule has 0 aliphatic heterocycles. The maximum absolute atomic E-state index is 12.3. The van der Waals surface area contributed by atoms with Crippen LogP contribution in [0.25, 0.3) is 11.0 Å². The zero-order valence-electron chi connectivity index (χ0n) is 13.1. The first kappa shape index (κ1) is 15.2. The first-order chi connectivity index (χ1) is 9.78. The summed E-state index contributed by atoms with van der Waals surface area (Å²) in [7, 11) is 0. The molecule has 0 aromatic carbocycles. The van der Waals surface area contributed by atoms with E-state index in [0.29, 0.717) is 17.6 Å². The number of carbonyl (C=O) groups is 2. The Balaban J connectivity index is 2.67. The number of rotatable bonds is 2. The lowest BCUT2D eigenvalue weighted by Crippen LogP contribution is -2.26. The van der Waals surface area contributed by atoms with Crippen LogP contribution in [-0.2, 0) is 11.2 Å². The average molecular weight is 288 g/mol. The van der Waals surface area contributed by atoms with Gasteiger partial charge in [0.1, 0.15) is 11.2 Å². The standard InChI is InChI=1S/C16H20N2O3/c1-6-11-8-18(15(20)21-16(3,4)5)14-13(11)12(9-19)10(2)7-17-14/h7-9H,6H2,1-5H3. The molecule has 0 spiro atoms. The predicted octanol–water partition coefficient (Wildman–Crippen LogP) is 3.50. The molecule has 0 N–H and O–H groups in total. The smallest absolute Gasteiger partial charge is 0.420 e. The molecule has 0 unspecified atom stereocenters. The number of fused-ring (bicyclic) bond motifs is 1. The first-order valence-corrected chi connectivity index (χ1v) is 6.96. The summed E-state index contributed by atoms with van der Waals surface area (Å²) in [5, 5.41) is 0.735. The van der Waals surface area contributed by atoms with Crippen LogP contribution in [0.5, 0.6) is 0 Å². The number of aromatic nitrogens is 2. The van der Waals surface area contributed by atoms with Crippen molar-refractivity contribution in [3.63, 3.8) is 0 Å². The van der Waals surface area contributed by atoms with Gasteiger partial charge in [-0.2, -0.15) is 0 Å². The molecule has 0 fully saturated rings. The summed E-state index contributed by atoms with van der Waals surface area (Å²) in [6.45, 7) is 9.24. The molecule has 2 aromatic rings. The van der Waals surface area contributed by atoms with Gasteiger partial charge in [-0.15, -0.1) is 0 Å². The number of pyridine rings is 1. The van der Waals surface area contributed by atoms with E-state index in [1.54, 1.807) is 12.4 Å². The van der Waals surface area contributed by atoms with Crippen molar-refractivity contribution in [3.05, 3.63) is 29.1 Å². The van der Waals surface area contributed by atoms with Crippen molar-refractivity contribution in [2.45, 2.75) is 46.6 Å². The second kappa shape index (κ2) is 5.31. The Morgan fingerprint density at radius 1 is 1.43 bits per heavy atom. The van der Waals surface area contributed by atoms with Crippen LogP contribution in [0.1, 0.15) is 49.2 Å². The molecule has 0 saturated carbocycles. The fourth-order valence-electron chi connectivity index (χ4n) is 2.26. The van der Waals surface area contributed by atoms with Gasteiger partial charge >= 0.3 is 6.09 Å². The number of carbonyl (C=O) groups excluding carboxylic acids is 2. The fraction of sp³-hybridized carbons (Fsp3) is 0.438. The predicted molar refractivity (Wildman–Crippen MR) is 80.9 cm³/mol. The fourth-order valence-corrected chi connectivity index (χ4v) is 2.26. The van der Waals surface area contributed by atoms with Crippen LogP contribution in [0.3, 0.4) is 0 Å². The Hall–Kier alpha value is -2.17. The van der Waals surface area contributed by atoms with E-state index in [1.165, 1.54) is 4.57 Å². The Bertz CT molecular complexity index is 708. The van der Waals surface area contributed by atoms with Gasteiger partial charge in [0, 0.05) is 23.3 Å². The normalized spacial score (nSPS) is 11.7. The minimum absolute atomic E-state index is 0.466. The Morgan fingerprint density at radius 3 is 2.62 bits per heavy atom. The van der Waals surface area contributed by atoms with Crippen molar-refractivity contribution < 1.29 is 14.3 Å². The number of aryl methyl sites for hydroxylation is 2. The summed E-state index contributed by atoms with van der Waals surface area (Å²) in [4.78, 5) is 28.0. The number of hydrogen-bond acceptors (Lipinski definition) is 4. The number of nitrogens with zero attached hydrogens (tertiary/aromatic N) is 2. The van der Waals surface area contributed by atoms with Crippen LogP contribution in [-0.4, -0.2) is 27.5 Å². The van der Waals surface area contributed by atoms with E-state index in [0.717, 1.165) is 22.8 Å². The van der Waals surface area contributed by atoms with E-state index in [-0.39, 0.29) is 0 Å². The molecule has 5 nitrogen and oxygen atoms in total. The van der Waals surface area contributed by atoms with Gasteiger partial charge < -0.3 is 4.74 Å². The summed E-state index contributed by atoms with van der Waals surface area (Å²) >= 11 is 0. The van der Waals surface area contributed by atoms with Crippen molar-refractivity contribution >= 4 is 23.4 Å². The van der Waals surface area contributed by atoms with Gasteiger partial charge in [-0.3, -0.25) is 4.79 Å². The van der Waals surface area contributed by atoms with E-state index in [9.17, 15) is 9.59 Å². The molecule has 0 saturated heterocycles. The van der Waals surface area contributed by atoms with Gasteiger partial charge in [0.15, 0.2) is 6.29 Å². The van der Waals surface area contributed by atoms with E-state index in [1.807, 2.05) is 34.6 Å². The van der Waals surface area contributed by atoms with Crippen molar-refractivity contribution in [1.29, 1.82) is 0 Å². The van der Waals surface area contributed by atoms with Crippen molar-refractivity contribution in [2.24, 2.45) is 0 Å². The van der Waals surface area contributed by atoms with Gasteiger partial charge in [-0.25, -0.2) is 14.3 Å². The first-order valence-electron chi connectivity index (χ1n) is 6.96. The zero-order chi connectivity index (χ0) is 15.8. The second-order valence-corrected chi connectivity index (χ2v) is 6.03. The molecule has 0 amide bonds. The second-order valence-electron chi connectivity index (χ2n) is 6.03. The Kier molecular flexibility index (Phi) is 3.85. The highest BCUT2D eigenvalue weighted by Crippen LogP contribution is 2.26. The molecule has 2 aromatic heterocycles. The van der Waals surface area contributed by atoms with Crippen LogP contribution in [0.4, 0.5) is 4.79 Å². The maximum atomic E-state index is 12.3. The third-order valence-corrected chi connectivity index (χ3v) is 3.22. The summed E-state index contributed by atoms with van der Waals surface area (Å²) in [5.74, 6) is 0. The van der Waals surface area contributed by atoms with Gasteiger partial charge in [0.05, 0.1) is 0 Å². The summed E-state index contributed by atoms with van der Waals surface area (Å²) in [5.41, 5.74) is 2.18. The van der Waals surface area contributed by atoms with E-state index < -0.39 is 11.7 Å². The van der Waals surface area contributed by atoms with Crippen molar-refractivity contribution in [2.75, 3.05) is 0 Å². The number of ether oxygens (including phenoxy) is 1. The quantitative estimate of drug-likeness (QED) is 0.793. The van der Waals surface area contributed by atoms with Gasteiger partial charge in [-0.05, 0) is 45.2 Å². The number of aldehydes is 1. The summed E-state index contributed by atoms with van der Waals surface area (Å²) in [6.07, 6.45) is 4.35. The lowest BCUT2D eigenvalue weighted by molar-refractivity contribution is 0.0543. The Morgan fingerprint density at radius 2 is 2.10 bits per heavy atom. The molecular weight excluding hydrogens is 268 g/mol. The van der Waals surface area contributed by atoms with Crippen LogP contribution in [0.15, 0.2) is 12.4 Å². The molecule has 21 heavy (non-hydrogen) atoms. The molecule has 2 rings (SSSR count). The molecule has 0 bridgehead atoms. The third kappa shape index (κ3) is 2.82. The molecule has 0 aliphatic carbocycles. The van der Waals surface area contributed by atoms with E-state index >= 15 is 0 Å². The minimum atomic E-state index is -0.585. The number of hydrogen-bond donors (Lipinski definition) is 0. The van der Waals surface area contributed by atoms with Crippen LogP contribution in [0, 0.1) is 6.92 Å². The summed E-state index contributed by atoms with van der Waals surface area (Å²) in [6, 6.07) is 0. The van der Waals surface area contributed by atoms with Crippen LogP contribution in [0.2, 0.25) is 0 Å². The highest BCUT2D eigenvalue weighted by Gasteiger charge is 2.22. The van der Waals surface area contributed by atoms with Crippen molar-refractivity contribution in [1.82, 2.24) is 9.55 Å². The highest BCUT2D eigenvalue weighted by molar-refractivity contribution is 6.01. The molecule has 112 valence electrons. The SMILES string of the molecule is CCc1cn(C(=O)OC(C)(C)C)c2ncc(C)c(C=O)c12. The van der Waals surface area contributed by atoms with Gasteiger partial charge in [0.2, 0.25) is 0 Å². The Labute approximate surface area is 123 Å². The van der Waals surface area contributed by atoms with Crippen LogP contribution < -0.4 is 0 Å².